The van der Waals surface area contributed by atoms with Crippen LogP contribution in [0.5, 0.6) is 5.75 Å². The molecule has 0 bridgehead atoms. The van der Waals surface area contributed by atoms with E-state index in [0.717, 1.165) is 11.3 Å². The molecule has 27 heavy (non-hydrogen) atoms. The van der Waals surface area contributed by atoms with Gasteiger partial charge < -0.3 is 10.2 Å². The molecule has 0 amide bonds. The predicted octanol–water partition coefficient (Wildman–Crippen LogP) is 3.60. The number of anilines is 1. The quantitative estimate of drug-likeness (QED) is 0.254. The van der Waals surface area contributed by atoms with E-state index in [0.29, 0.717) is 22.7 Å². The van der Waals surface area contributed by atoms with E-state index in [1.54, 1.807) is 0 Å². The first-order valence-electron chi connectivity index (χ1n) is 7.28. The zero-order valence-electron chi connectivity index (χ0n) is 13.3. The smallest absolute Gasteiger partial charge is 0.338 e. The van der Waals surface area contributed by atoms with Crippen molar-refractivity contribution in [3.05, 3.63) is 59.0 Å². The van der Waals surface area contributed by atoms with Crippen molar-refractivity contribution in [2.75, 3.05) is 5.43 Å². The monoisotopic (exact) mass is 396 g/mol. The standard InChI is InChI=1S/C16H11F2N3O5S/c17-9-3-1-8(2-4-9)15-19-14(7-27-15)21(25,26)20-12-6-11(18)10(16(23)24)5-13(12)22/h1-7,20,25-26H,(H-,22,23,24)/p+1. The lowest BCUT2D eigenvalue weighted by molar-refractivity contribution is -0.274. The van der Waals surface area contributed by atoms with Crippen molar-refractivity contribution in [2.45, 2.75) is 0 Å². The Kier molecular flexibility index (Phi) is 4.76. The van der Waals surface area contributed by atoms with Gasteiger partial charge in [0.15, 0.2) is 0 Å². The predicted molar refractivity (Wildman–Crippen MR) is 91.5 cm³/mol. The summed E-state index contributed by atoms with van der Waals surface area (Å²) >= 11 is 1.04. The number of benzene rings is 2. The van der Waals surface area contributed by atoms with Gasteiger partial charge in [-0.05, 0) is 30.3 Å². The fourth-order valence-corrected chi connectivity index (χ4v) is 3.01. The van der Waals surface area contributed by atoms with Crippen LogP contribution in [-0.2, 0) is 0 Å². The van der Waals surface area contributed by atoms with Gasteiger partial charge in [-0.1, -0.05) is 0 Å². The second kappa shape index (κ2) is 6.89. The molecule has 0 unspecified atom stereocenters. The van der Waals surface area contributed by atoms with Crippen LogP contribution < -0.4 is 10.3 Å². The number of quaternary nitrogens is 1. The summed E-state index contributed by atoms with van der Waals surface area (Å²) in [5, 5.41) is 40.6. The molecule has 2 aromatic carbocycles. The number of halogens is 2. The molecule has 0 saturated heterocycles. The van der Waals surface area contributed by atoms with Gasteiger partial charge in [0.2, 0.25) is 0 Å². The number of nitrogens with zero attached hydrogens (tertiary/aromatic N) is 2. The highest BCUT2D eigenvalue weighted by Crippen LogP contribution is 2.32. The molecule has 140 valence electrons. The first-order valence-corrected chi connectivity index (χ1v) is 8.16. The normalized spacial score (nSPS) is 11.4. The highest BCUT2D eigenvalue weighted by molar-refractivity contribution is 7.13. The van der Waals surface area contributed by atoms with Crippen LogP contribution in [0.25, 0.3) is 10.6 Å². The minimum Gasteiger partial charge on any atom is -0.506 e. The van der Waals surface area contributed by atoms with Crippen molar-refractivity contribution < 1.29 is 34.2 Å². The van der Waals surface area contributed by atoms with Crippen molar-refractivity contribution in [1.29, 1.82) is 0 Å². The van der Waals surface area contributed by atoms with E-state index in [4.69, 9.17) is 5.11 Å². The van der Waals surface area contributed by atoms with Crippen LogP contribution in [-0.4, -0.2) is 31.6 Å². The highest BCUT2D eigenvalue weighted by atomic mass is 32.1. The molecule has 0 fully saturated rings. The summed E-state index contributed by atoms with van der Waals surface area (Å²) in [7, 11) is 0. The molecule has 0 spiro atoms. The van der Waals surface area contributed by atoms with Gasteiger partial charge in [0.05, 0.1) is 10.9 Å². The lowest BCUT2D eigenvalue weighted by Crippen LogP contribution is -2.48. The Labute approximate surface area is 154 Å². The number of carbonyl (C=O) groups is 1. The van der Waals surface area contributed by atoms with E-state index in [1.165, 1.54) is 29.6 Å². The average molecular weight is 396 g/mol. The Bertz CT molecular complexity index is 1010. The molecule has 0 aliphatic rings. The number of phenols is 1. The van der Waals surface area contributed by atoms with Crippen molar-refractivity contribution >= 4 is 28.8 Å². The van der Waals surface area contributed by atoms with Crippen LogP contribution in [0.3, 0.4) is 0 Å². The zero-order valence-corrected chi connectivity index (χ0v) is 14.1. The van der Waals surface area contributed by atoms with Gasteiger partial charge in [-0.15, -0.1) is 21.8 Å². The third-order valence-corrected chi connectivity index (χ3v) is 4.37. The van der Waals surface area contributed by atoms with Gasteiger partial charge in [0, 0.05) is 11.6 Å². The van der Waals surface area contributed by atoms with Gasteiger partial charge in [-0.3, -0.25) is 0 Å². The van der Waals surface area contributed by atoms with E-state index in [1.807, 2.05) is 5.43 Å². The lowest BCUT2D eigenvalue weighted by atomic mass is 10.2. The van der Waals surface area contributed by atoms with Crippen molar-refractivity contribution in [2.24, 2.45) is 0 Å². The minimum atomic E-state index is -2.04. The van der Waals surface area contributed by atoms with E-state index in [-0.39, 0.29) is 5.82 Å². The van der Waals surface area contributed by atoms with E-state index >= 15 is 0 Å². The van der Waals surface area contributed by atoms with Crippen LogP contribution in [0, 0.1) is 11.6 Å². The molecule has 0 saturated carbocycles. The van der Waals surface area contributed by atoms with E-state index in [9.17, 15) is 29.1 Å². The summed E-state index contributed by atoms with van der Waals surface area (Å²) in [6, 6.07) is 6.59. The number of aromatic carboxylic acids is 1. The fourth-order valence-electron chi connectivity index (χ4n) is 2.17. The molecule has 3 rings (SSSR count). The third-order valence-electron chi connectivity index (χ3n) is 3.49. The molecule has 3 aromatic rings. The number of phenolic OH excluding ortho intramolecular Hbond substituents is 1. The number of thiazole rings is 1. The maximum atomic E-state index is 13.8. The molecular weight excluding hydrogens is 384 g/mol. The molecule has 1 aromatic heterocycles. The van der Waals surface area contributed by atoms with Crippen LogP contribution in [0.15, 0.2) is 41.8 Å². The minimum absolute atomic E-state index is 0.318. The van der Waals surface area contributed by atoms with Gasteiger partial charge in [0.25, 0.3) is 0 Å². The number of carboxylic acids is 1. The van der Waals surface area contributed by atoms with Gasteiger partial charge in [-0.2, -0.15) is 10.4 Å². The van der Waals surface area contributed by atoms with E-state index < -0.39 is 39.5 Å². The maximum absolute atomic E-state index is 13.8. The van der Waals surface area contributed by atoms with Crippen molar-refractivity contribution in [3.8, 4) is 16.3 Å². The SMILES string of the molecule is O=C(O)c1cc(O)c(N[N+](O)(O)c2csc(-c3ccc(F)cc3)n2)cc1F. The summed E-state index contributed by atoms with van der Waals surface area (Å²) in [6.45, 7) is 0. The summed E-state index contributed by atoms with van der Waals surface area (Å²) in [5.41, 5.74) is 1.32. The van der Waals surface area contributed by atoms with Gasteiger partial charge >= 0.3 is 11.8 Å². The molecule has 0 radical (unpaired) electrons. The number of hydrogen-bond acceptors (Lipinski definition) is 7. The summed E-state index contributed by atoms with van der Waals surface area (Å²) < 4.78 is 26.8. The first kappa shape index (κ1) is 18.7. The Morgan fingerprint density at radius 3 is 2.44 bits per heavy atom. The number of aromatic hydroxyl groups is 1. The largest absolute Gasteiger partial charge is 0.506 e. The summed E-state index contributed by atoms with van der Waals surface area (Å²) in [4.78, 5) is 12.8. The number of carboxylic acid groups (broad SMARTS) is 1. The molecule has 11 heteroatoms. The van der Waals surface area contributed by atoms with Crippen LogP contribution in [0.4, 0.5) is 20.3 Å². The van der Waals surface area contributed by atoms with Crippen LogP contribution in [0.1, 0.15) is 10.4 Å². The fraction of sp³-hybridized carbons (Fsp3) is 0. The van der Waals surface area contributed by atoms with Crippen LogP contribution >= 0.6 is 11.3 Å². The second-order valence-corrected chi connectivity index (χ2v) is 6.24. The number of rotatable bonds is 5. The Hall–Kier alpha value is -3.12. The molecule has 5 N–H and O–H groups in total. The Balaban J connectivity index is 1.88. The van der Waals surface area contributed by atoms with E-state index in [2.05, 4.69) is 4.98 Å². The Morgan fingerprint density at radius 1 is 1.15 bits per heavy atom. The first-order chi connectivity index (χ1) is 12.7. The van der Waals surface area contributed by atoms with Crippen LogP contribution in [0.2, 0.25) is 0 Å². The number of hydrogen-bond donors (Lipinski definition) is 5. The zero-order chi connectivity index (χ0) is 19.8. The van der Waals surface area contributed by atoms with Gasteiger partial charge in [-0.25, -0.2) is 13.6 Å². The summed E-state index contributed by atoms with van der Waals surface area (Å²) in [5.74, 6) is -4.25. The number of nitrogens with one attached hydrogen (secondary N) is 1. The van der Waals surface area contributed by atoms with Crippen molar-refractivity contribution in [1.82, 2.24) is 9.90 Å². The molecule has 1 heterocycles. The average Bonchev–Trinajstić information content (AvgIpc) is 3.09. The second-order valence-electron chi connectivity index (χ2n) is 5.39. The molecule has 0 atom stereocenters. The Morgan fingerprint density at radius 2 is 1.81 bits per heavy atom. The topological polar surface area (TPSA) is 123 Å². The molecule has 0 aliphatic carbocycles. The summed E-state index contributed by atoms with van der Waals surface area (Å²) in [6.07, 6.45) is 0. The lowest BCUT2D eigenvalue weighted by Gasteiger charge is -2.19. The van der Waals surface area contributed by atoms with Crippen molar-refractivity contribution in [3.63, 3.8) is 0 Å². The third kappa shape index (κ3) is 3.85. The molecular formula is C16H12F2N3O5S+. The molecule has 0 aliphatic heterocycles. The maximum Gasteiger partial charge on any atom is 0.338 e. The highest BCUT2D eigenvalue weighted by Gasteiger charge is 2.33. The van der Waals surface area contributed by atoms with Gasteiger partial charge in [0.1, 0.15) is 33.0 Å². The number of aromatic nitrogens is 1. The molecule has 8 nitrogen and oxygen atoms in total.